The Labute approximate surface area is 87.1 Å². The molecule has 80 valence electrons. The molecule has 1 amide bonds. The molecule has 0 atom stereocenters. The zero-order valence-corrected chi connectivity index (χ0v) is 8.58. The first-order valence-corrected chi connectivity index (χ1v) is 5.83. The number of rotatable bonds is 0. The van der Waals surface area contributed by atoms with Gasteiger partial charge in [0.15, 0.2) is 0 Å². The van der Waals surface area contributed by atoms with Crippen LogP contribution >= 0.6 is 0 Å². The molecule has 2 aliphatic rings. The third kappa shape index (κ3) is 2.16. The van der Waals surface area contributed by atoms with Crippen molar-refractivity contribution in [1.82, 2.24) is 4.72 Å². The Balaban J connectivity index is 0.000000244. The van der Waals surface area contributed by atoms with E-state index in [1.807, 2.05) is 4.72 Å². The van der Waals surface area contributed by atoms with E-state index < -0.39 is 15.9 Å². The molecule has 3 rings (SSSR count). The van der Waals surface area contributed by atoms with Crippen LogP contribution in [0.4, 0.5) is 0 Å². The molecule has 0 unspecified atom stereocenters. The summed E-state index contributed by atoms with van der Waals surface area (Å²) in [5.41, 5.74) is 0.220. The van der Waals surface area contributed by atoms with Crippen LogP contribution in [-0.4, -0.2) is 27.5 Å². The van der Waals surface area contributed by atoms with Crippen LogP contribution in [0.1, 0.15) is 10.4 Å². The van der Waals surface area contributed by atoms with E-state index in [0.29, 0.717) is 0 Å². The van der Waals surface area contributed by atoms with Crippen molar-refractivity contribution in [2.75, 3.05) is 13.2 Å². The fourth-order valence-corrected chi connectivity index (χ4v) is 2.29. The topological polar surface area (TPSA) is 75.8 Å². The van der Waals surface area contributed by atoms with Crippen molar-refractivity contribution in [3.63, 3.8) is 0 Å². The van der Waals surface area contributed by atoms with Gasteiger partial charge < -0.3 is 4.74 Å². The average Bonchev–Trinajstić information content (AvgIpc) is 3.01. The van der Waals surface area contributed by atoms with Crippen LogP contribution in [0.25, 0.3) is 0 Å². The van der Waals surface area contributed by atoms with Crippen LogP contribution in [0.2, 0.25) is 0 Å². The van der Waals surface area contributed by atoms with E-state index in [4.69, 9.17) is 0 Å². The lowest BCUT2D eigenvalue weighted by atomic mass is 10.2. The zero-order valence-electron chi connectivity index (χ0n) is 7.76. The number of epoxide rings is 1. The number of fused-ring (bicyclic) bond motifs is 1. The molecule has 2 aliphatic heterocycles. The Morgan fingerprint density at radius 2 is 1.80 bits per heavy atom. The van der Waals surface area contributed by atoms with Gasteiger partial charge in [-0.25, -0.2) is 13.1 Å². The molecule has 1 aromatic rings. The van der Waals surface area contributed by atoms with Gasteiger partial charge in [0.25, 0.3) is 15.9 Å². The molecule has 1 saturated heterocycles. The summed E-state index contributed by atoms with van der Waals surface area (Å²) in [5.74, 6) is -0.550. The third-order valence-corrected chi connectivity index (χ3v) is 3.24. The summed E-state index contributed by atoms with van der Waals surface area (Å²) in [6.45, 7) is 2.00. The molecule has 0 saturated carbocycles. The van der Waals surface area contributed by atoms with E-state index in [9.17, 15) is 13.2 Å². The molecule has 6 heteroatoms. The number of nitrogens with one attached hydrogen (secondary N) is 1. The van der Waals surface area contributed by atoms with Gasteiger partial charge in [-0.3, -0.25) is 4.79 Å². The molecule has 0 aromatic heterocycles. The van der Waals surface area contributed by atoms with E-state index >= 15 is 0 Å². The summed E-state index contributed by atoms with van der Waals surface area (Å²) in [4.78, 5) is 11.1. The van der Waals surface area contributed by atoms with Crippen molar-refractivity contribution >= 4 is 15.9 Å². The third-order valence-electron chi connectivity index (χ3n) is 1.85. The maximum absolute atomic E-state index is 11.1. The van der Waals surface area contributed by atoms with Crippen LogP contribution in [0.3, 0.4) is 0 Å². The molecule has 2 heterocycles. The predicted molar refractivity (Wildman–Crippen MR) is 51.9 cm³/mol. The summed E-state index contributed by atoms with van der Waals surface area (Å²) in [7, 11) is -3.55. The van der Waals surface area contributed by atoms with Gasteiger partial charge in [0, 0.05) is 0 Å². The van der Waals surface area contributed by atoms with Gasteiger partial charge in [0.1, 0.15) is 4.90 Å². The van der Waals surface area contributed by atoms with E-state index in [0.717, 1.165) is 13.2 Å². The van der Waals surface area contributed by atoms with Gasteiger partial charge in [0.05, 0.1) is 18.8 Å². The highest BCUT2D eigenvalue weighted by atomic mass is 32.2. The number of ether oxygens (including phenoxy) is 1. The quantitative estimate of drug-likeness (QED) is 0.639. The van der Waals surface area contributed by atoms with Crippen LogP contribution in [0.5, 0.6) is 0 Å². The lowest BCUT2D eigenvalue weighted by Crippen LogP contribution is -2.20. The fraction of sp³-hybridized carbons (Fsp3) is 0.222. The summed E-state index contributed by atoms with van der Waals surface area (Å²) in [5, 5.41) is 0. The first-order valence-electron chi connectivity index (χ1n) is 4.35. The summed E-state index contributed by atoms with van der Waals surface area (Å²) < 4.78 is 28.7. The Morgan fingerprint density at radius 3 is 2.33 bits per heavy atom. The van der Waals surface area contributed by atoms with Crippen molar-refractivity contribution in [3.8, 4) is 0 Å². The second kappa shape index (κ2) is 3.63. The predicted octanol–water partition coefficient (Wildman–Crippen LogP) is 0.135. The smallest absolute Gasteiger partial charge is 0.266 e. The molecule has 1 N–H and O–H groups in total. The van der Waals surface area contributed by atoms with Crippen LogP contribution in [-0.2, 0) is 14.8 Å². The first kappa shape index (κ1) is 10.1. The van der Waals surface area contributed by atoms with Crippen LogP contribution in [0, 0.1) is 0 Å². The molecular weight excluding hydrogens is 218 g/mol. The normalized spacial score (nSPS) is 19.6. The maximum atomic E-state index is 11.1. The highest BCUT2D eigenvalue weighted by Crippen LogP contribution is 2.20. The van der Waals surface area contributed by atoms with Crippen molar-refractivity contribution in [1.29, 1.82) is 0 Å². The van der Waals surface area contributed by atoms with Gasteiger partial charge in [0.2, 0.25) is 0 Å². The molecule has 5 nitrogen and oxygen atoms in total. The Bertz CT molecular complexity index is 490. The van der Waals surface area contributed by atoms with E-state index in [1.54, 1.807) is 12.1 Å². The van der Waals surface area contributed by atoms with Gasteiger partial charge in [-0.2, -0.15) is 0 Å². The summed E-state index contributed by atoms with van der Waals surface area (Å²) in [6, 6.07) is 6.09. The second-order valence-electron chi connectivity index (χ2n) is 3.04. The van der Waals surface area contributed by atoms with Gasteiger partial charge in [-0.15, -0.1) is 0 Å². The molecule has 1 aromatic carbocycles. The maximum Gasteiger partial charge on any atom is 0.266 e. The highest BCUT2D eigenvalue weighted by molar-refractivity contribution is 7.90. The van der Waals surface area contributed by atoms with Gasteiger partial charge in [-0.1, -0.05) is 12.1 Å². The van der Waals surface area contributed by atoms with Crippen LogP contribution in [0.15, 0.2) is 29.2 Å². The number of hydrogen-bond acceptors (Lipinski definition) is 4. The Hall–Kier alpha value is -1.40. The standard InChI is InChI=1S/C7H5NO3S.C2H4O/c9-7-5-3-1-2-4-6(5)12(10,11)8-7;1-2-3-1/h1-4H,(H,8,9);1-2H2. The minimum absolute atomic E-state index is 0.0648. The minimum Gasteiger partial charge on any atom is -0.377 e. The number of sulfonamides is 1. The SMILES string of the molecule is C1CO1.O=C1NS(=O)(=O)c2ccccc21. The van der Waals surface area contributed by atoms with Crippen molar-refractivity contribution in [2.45, 2.75) is 4.90 Å². The van der Waals surface area contributed by atoms with E-state index in [-0.39, 0.29) is 10.5 Å². The number of carbonyl (C=O) groups excluding carboxylic acids is 1. The van der Waals surface area contributed by atoms with E-state index in [2.05, 4.69) is 4.74 Å². The summed E-state index contributed by atoms with van der Waals surface area (Å²) >= 11 is 0. The van der Waals surface area contributed by atoms with Crippen LogP contribution < -0.4 is 4.72 Å². The van der Waals surface area contributed by atoms with Crippen molar-refractivity contribution in [3.05, 3.63) is 29.8 Å². The fourth-order valence-electron chi connectivity index (χ4n) is 1.12. The molecule has 0 radical (unpaired) electrons. The Kier molecular flexibility index (Phi) is 2.45. The first-order chi connectivity index (χ1) is 7.11. The van der Waals surface area contributed by atoms with Gasteiger partial charge in [-0.05, 0) is 12.1 Å². The molecule has 0 spiro atoms. The number of hydrogen-bond donors (Lipinski definition) is 1. The monoisotopic (exact) mass is 227 g/mol. The largest absolute Gasteiger partial charge is 0.377 e. The van der Waals surface area contributed by atoms with E-state index in [1.165, 1.54) is 12.1 Å². The molecule has 15 heavy (non-hydrogen) atoms. The Morgan fingerprint density at radius 1 is 1.20 bits per heavy atom. The summed E-state index contributed by atoms with van der Waals surface area (Å²) in [6.07, 6.45) is 0. The van der Waals surface area contributed by atoms with Crippen molar-refractivity contribution < 1.29 is 17.9 Å². The molecular formula is C9H9NO4S. The number of benzene rings is 1. The highest BCUT2D eigenvalue weighted by Gasteiger charge is 2.31. The lowest BCUT2D eigenvalue weighted by molar-refractivity contribution is 0.0985. The zero-order chi connectivity index (χ0) is 10.9. The molecule has 0 aliphatic carbocycles. The number of carbonyl (C=O) groups is 1. The second-order valence-corrected chi connectivity index (χ2v) is 4.69. The molecule has 0 bridgehead atoms. The number of amides is 1. The minimum atomic E-state index is -3.55. The average molecular weight is 227 g/mol. The lowest BCUT2D eigenvalue weighted by Gasteiger charge is -1.91. The van der Waals surface area contributed by atoms with Gasteiger partial charge >= 0.3 is 0 Å². The molecule has 1 fully saturated rings. The van der Waals surface area contributed by atoms with Crippen molar-refractivity contribution in [2.24, 2.45) is 0 Å².